The van der Waals surface area contributed by atoms with E-state index in [1.165, 1.54) is 0 Å². The average molecular weight is 347 g/mol. The summed E-state index contributed by atoms with van der Waals surface area (Å²) < 4.78 is 45.3. The third kappa shape index (κ3) is 2.97. The maximum atomic E-state index is 13.4. The van der Waals surface area contributed by atoms with E-state index in [1.54, 1.807) is 0 Å². The van der Waals surface area contributed by atoms with E-state index in [0.717, 1.165) is 17.7 Å². The van der Waals surface area contributed by atoms with Gasteiger partial charge in [0.1, 0.15) is 5.75 Å². The zero-order chi connectivity index (χ0) is 17.6. The number of hydrogen-bond acceptors (Lipinski definition) is 2. The maximum absolute atomic E-state index is 13.4. The van der Waals surface area contributed by atoms with Gasteiger partial charge in [-0.3, -0.25) is 4.79 Å². The van der Waals surface area contributed by atoms with E-state index in [-0.39, 0.29) is 23.8 Å². The van der Waals surface area contributed by atoms with E-state index >= 15 is 0 Å². The molecule has 3 nitrogen and oxygen atoms in total. The molecular formula is C19H16F3NO2. The molecule has 1 amide bonds. The van der Waals surface area contributed by atoms with Crippen molar-refractivity contribution in [2.24, 2.45) is 0 Å². The molecule has 6 heteroatoms. The Bertz CT molecular complexity index is 816. The van der Waals surface area contributed by atoms with Crippen LogP contribution in [0.5, 0.6) is 5.75 Å². The lowest BCUT2D eigenvalue weighted by Gasteiger charge is -2.25. The highest BCUT2D eigenvalue weighted by Crippen LogP contribution is 2.42. The first-order valence-electron chi connectivity index (χ1n) is 8.21. The molecule has 0 saturated heterocycles. The molecule has 2 aromatic carbocycles. The molecule has 0 bridgehead atoms. The quantitative estimate of drug-likeness (QED) is 0.861. The van der Waals surface area contributed by atoms with Crippen LogP contribution in [0.25, 0.3) is 0 Å². The number of fused-ring (bicyclic) bond motifs is 1. The molecule has 1 N–H and O–H groups in total. The second-order valence-electron chi connectivity index (χ2n) is 6.48. The van der Waals surface area contributed by atoms with Crippen LogP contribution in [0.4, 0.5) is 13.2 Å². The van der Waals surface area contributed by atoms with Crippen molar-refractivity contribution in [3.05, 3.63) is 65.0 Å². The van der Waals surface area contributed by atoms with Crippen molar-refractivity contribution in [3.8, 4) is 5.75 Å². The number of para-hydroxylation sites is 1. The smallest absolute Gasteiger partial charge is 0.228 e. The van der Waals surface area contributed by atoms with E-state index in [0.29, 0.717) is 30.8 Å². The molecule has 0 radical (unpaired) electrons. The summed E-state index contributed by atoms with van der Waals surface area (Å²) in [6.45, 7) is 0.470. The summed E-state index contributed by atoms with van der Waals surface area (Å²) >= 11 is 0. The second-order valence-corrected chi connectivity index (χ2v) is 6.48. The summed E-state index contributed by atoms with van der Waals surface area (Å²) in [5.41, 5.74) is 1.22. The lowest BCUT2D eigenvalue weighted by atomic mass is 9.92. The van der Waals surface area contributed by atoms with Crippen molar-refractivity contribution in [3.63, 3.8) is 0 Å². The largest absolute Gasteiger partial charge is 0.493 e. The van der Waals surface area contributed by atoms with Crippen molar-refractivity contribution in [2.45, 2.75) is 30.7 Å². The Morgan fingerprint density at radius 1 is 1.12 bits per heavy atom. The Morgan fingerprint density at radius 2 is 1.84 bits per heavy atom. The van der Waals surface area contributed by atoms with Gasteiger partial charge in [0.05, 0.1) is 12.5 Å². The highest BCUT2D eigenvalue weighted by atomic mass is 19.2. The van der Waals surface area contributed by atoms with Crippen LogP contribution in [0.1, 0.15) is 35.8 Å². The van der Waals surface area contributed by atoms with Gasteiger partial charge in [-0.2, -0.15) is 0 Å². The van der Waals surface area contributed by atoms with Gasteiger partial charge in [0.15, 0.2) is 17.5 Å². The predicted octanol–water partition coefficient (Wildman–Crippen LogP) is 3.64. The average Bonchev–Trinajstić information content (AvgIpc) is 3.37. The normalized spacial score (nSPS) is 24.2. The van der Waals surface area contributed by atoms with Crippen molar-refractivity contribution in [1.29, 1.82) is 0 Å². The zero-order valence-corrected chi connectivity index (χ0v) is 13.3. The fourth-order valence-electron chi connectivity index (χ4n) is 3.41. The molecule has 1 saturated carbocycles. The Hall–Kier alpha value is -2.50. The molecule has 2 aromatic rings. The van der Waals surface area contributed by atoms with Crippen LogP contribution in [0.2, 0.25) is 0 Å². The van der Waals surface area contributed by atoms with Crippen LogP contribution in [0.15, 0.2) is 36.4 Å². The number of amides is 1. The molecule has 4 rings (SSSR count). The van der Waals surface area contributed by atoms with Crippen LogP contribution < -0.4 is 10.1 Å². The summed E-state index contributed by atoms with van der Waals surface area (Å²) in [6.07, 6.45) is 1.17. The standard InChI is InChI=1S/C19H16F3NO2/c20-14-7-10(8-15(21)18(14)22)13-9-16(13)23-19(24)12-5-6-25-17-4-2-1-3-11(12)17/h1-4,7-8,12-13,16H,5-6,9H2,(H,23,24)/t12-,13+,16-/m1/s1. The second kappa shape index (κ2) is 6.10. The van der Waals surface area contributed by atoms with E-state index in [4.69, 9.17) is 4.74 Å². The van der Waals surface area contributed by atoms with E-state index in [1.807, 2.05) is 24.3 Å². The Morgan fingerprint density at radius 3 is 2.60 bits per heavy atom. The minimum Gasteiger partial charge on any atom is -0.493 e. The first-order chi connectivity index (χ1) is 12.0. The molecule has 1 fully saturated rings. The molecule has 0 unspecified atom stereocenters. The highest BCUT2D eigenvalue weighted by Gasteiger charge is 2.42. The van der Waals surface area contributed by atoms with Crippen molar-refractivity contribution in [2.75, 3.05) is 6.61 Å². The summed E-state index contributed by atoms with van der Waals surface area (Å²) in [5.74, 6) is -3.77. The molecule has 0 spiro atoms. The lowest BCUT2D eigenvalue weighted by molar-refractivity contribution is -0.123. The summed E-state index contributed by atoms with van der Waals surface area (Å²) in [5, 5.41) is 2.93. The highest BCUT2D eigenvalue weighted by molar-refractivity contribution is 5.85. The molecular weight excluding hydrogens is 331 g/mol. The third-order valence-electron chi connectivity index (χ3n) is 4.83. The minimum atomic E-state index is -1.47. The van der Waals surface area contributed by atoms with Crippen LogP contribution in [-0.4, -0.2) is 18.6 Å². The van der Waals surface area contributed by atoms with Crippen molar-refractivity contribution >= 4 is 5.91 Å². The molecule has 3 atom stereocenters. The van der Waals surface area contributed by atoms with Gasteiger partial charge >= 0.3 is 0 Å². The van der Waals surface area contributed by atoms with Crippen LogP contribution in [0, 0.1) is 17.5 Å². The Balaban J connectivity index is 1.46. The van der Waals surface area contributed by atoms with Gasteiger partial charge in [-0.15, -0.1) is 0 Å². The van der Waals surface area contributed by atoms with Gasteiger partial charge in [0, 0.05) is 17.5 Å². The van der Waals surface area contributed by atoms with Crippen molar-refractivity contribution < 1.29 is 22.7 Å². The number of carbonyl (C=O) groups is 1. The molecule has 1 aliphatic carbocycles. The monoisotopic (exact) mass is 347 g/mol. The maximum Gasteiger partial charge on any atom is 0.228 e. The van der Waals surface area contributed by atoms with Crippen LogP contribution in [0.3, 0.4) is 0 Å². The topological polar surface area (TPSA) is 38.3 Å². The molecule has 130 valence electrons. The van der Waals surface area contributed by atoms with Crippen molar-refractivity contribution in [1.82, 2.24) is 5.32 Å². The number of ether oxygens (including phenoxy) is 1. The van der Waals surface area contributed by atoms with E-state index < -0.39 is 17.5 Å². The first-order valence-corrected chi connectivity index (χ1v) is 8.21. The summed E-state index contributed by atoms with van der Waals surface area (Å²) in [7, 11) is 0. The number of nitrogens with one attached hydrogen (secondary N) is 1. The molecule has 25 heavy (non-hydrogen) atoms. The fraction of sp³-hybridized carbons (Fsp3) is 0.316. The number of benzene rings is 2. The molecule has 1 aliphatic heterocycles. The van der Waals surface area contributed by atoms with Gasteiger partial charge in [-0.1, -0.05) is 18.2 Å². The number of rotatable bonds is 3. The third-order valence-corrected chi connectivity index (χ3v) is 4.83. The Labute approximate surface area is 142 Å². The van der Waals surface area contributed by atoms with Gasteiger partial charge in [-0.05, 0) is 36.6 Å². The van der Waals surface area contributed by atoms with E-state index in [2.05, 4.69) is 5.32 Å². The van der Waals surface area contributed by atoms with E-state index in [9.17, 15) is 18.0 Å². The SMILES string of the molecule is O=C(N[C@@H]1C[C@H]1c1cc(F)c(F)c(F)c1)[C@@H]1CCOc2ccccc21. The summed E-state index contributed by atoms with van der Waals surface area (Å²) in [4.78, 5) is 12.6. The number of hydrogen-bond donors (Lipinski definition) is 1. The predicted molar refractivity (Wildman–Crippen MR) is 84.9 cm³/mol. The fourth-order valence-corrected chi connectivity index (χ4v) is 3.41. The minimum absolute atomic E-state index is 0.119. The number of halogens is 3. The van der Waals surface area contributed by atoms with Gasteiger partial charge in [-0.25, -0.2) is 13.2 Å². The zero-order valence-electron chi connectivity index (χ0n) is 13.3. The van der Waals surface area contributed by atoms with Gasteiger partial charge < -0.3 is 10.1 Å². The molecule has 2 aliphatic rings. The lowest BCUT2D eigenvalue weighted by Crippen LogP contribution is -2.34. The van der Waals surface area contributed by atoms with Gasteiger partial charge in [0.25, 0.3) is 0 Å². The first kappa shape index (κ1) is 16.0. The van der Waals surface area contributed by atoms with Gasteiger partial charge in [0.2, 0.25) is 5.91 Å². The molecule has 1 heterocycles. The number of carbonyl (C=O) groups excluding carboxylic acids is 1. The summed E-state index contributed by atoms with van der Waals surface area (Å²) in [6, 6.07) is 9.22. The van der Waals surface area contributed by atoms with Crippen LogP contribution in [-0.2, 0) is 4.79 Å². The van der Waals surface area contributed by atoms with Crippen LogP contribution >= 0.6 is 0 Å². The molecule has 0 aromatic heterocycles. The Kier molecular flexibility index (Phi) is 3.90.